The van der Waals surface area contributed by atoms with Crippen molar-refractivity contribution in [1.82, 2.24) is 0 Å². The van der Waals surface area contributed by atoms with Crippen molar-refractivity contribution in [1.29, 1.82) is 0 Å². The van der Waals surface area contributed by atoms with Crippen molar-refractivity contribution < 1.29 is 13.5 Å². The van der Waals surface area contributed by atoms with Crippen molar-refractivity contribution in [3.8, 4) is 0 Å². The van der Waals surface area contributed by atoms with Gasteiger partial charge in [-0.1, -0.05) is 29.8 Å². The molecule has 1 unspecified atom stereocenters. The van der Waals surface area contributed by atoms with Crippen LogP contribution in [0.3, 0.4) is 0 Å². The van der Waals surface area contributed by atoms with Gasteiger partial charge in [-0.3, -0.25) is 0 Å². The molecule has 0 spiro atoms. The molecule has 0 fully saturated rings. The smallest absolute Gasteiger partial charge is 0.147 e. The van der Waals surface area contributed by atoms with Gasteiger partial charge in [0, 0.05) is 6.26 Å². The average molecular weight is 242 g/mol. The number of sulfone groups is 1. The van der Waals surface area contributed by atoms with E-state index in [1.165, 1.54) is 6.26 Å². The molecule has 4 heteroatoms. The van der Waals surface area contributed by atoms with Crippen LogP contribution in [0.25, 0.3) is 0 Å². The Hall–Kier alpha value is -0.870. The zero-order valence-electron chi connectivity index (χ0n) is 9.68. The first-order valence-corrected chi connectivity index (χ1v) is 7.34. The molecular formula is C12H18O3S. The Kier molecular flexibility index (Phi) is 4.50. The molecule has 0 saturated carbocycles. The van der Waals surface area contributed by atoms with Gasteiger partial charge in [0.25, 0.3) is 0 Å². The highest BCUT2D eigenvalue weighted by Crippen LogP contribution is 2.09. The Balaban J connectivity index is 2.49. The molecule has 1 aromatic rings. The summed E-state index contributed by atoms with van der Waals surface area (Å²) in [6.45, 7) is 1.99. The third-order valence-electron chi connectivity index (χ3n) is 2.38. The quantitative estimate of drug-likeness (QED) is 0.847. The molecule has 0 aliphatic carbocycles. The van der Waals surface area contributed by atoms with Gasteiger partial charge in [-0.15, -0.1) is 0 Å². The predicted molar refractivity (Wildman–Crippen MR) is 65.2 cm³/mol. The first-order valence-electron chi connectivity index (χ1n) is 5.28. The van der Waals surface area contributed by atoms with E-state index in [0.29, 0.717) is 12.8 Å². The molecule has 16 heavy (non-hydrogen) atoms. The SMILES string of the molecule is Cc1cccc(CC(O)CCS(C)(=O)=O)c1. The summed E-state index contributed by atoms with van der Waals surface area (Å²) in [6, 6.07) is 7.88. The summed E-state index contributed by atoms with van der Waals surface area (Å²) in [5.74, 6) is 0.0416. The molecule has 1 N–H and O–H groups in total. The van der Waals surface area contributed by atoms with E-state index in [4.69, 9.17) is 0 Å². The number of aliphatic hydroxyl groups excluding tert-OH is 1. The molecule has 0 aliphatic heterocycles. The molecule has 3 nitrogen and oxygen atoms in total. The maximum atomic E-state index is 10.9. The Labute approximate surface area is 97.0 Å². The topological polar surface area (TPSA) is 54.4 Å². The van der Waals surface area contributed by atoms with Crippen LogP contribution >= 0.6 is 0 Å². The first-order chi connectivity index (χ1) is 7.37. The van der Waals surface area contributed by atoms with Gasteiger partial charge in [0.2, 0.25) is 0 Å². The minimum atomic E-state index is -2.98. The van der Waals surface area contributed by atoms with Gasteiger partial charge in [-0.2, -0.15) is 0 Å². The molecule has 0 bridgehead atoms. The van der Waals surface area contributed by atoms with E-state index in [1.807, 2.05) is 31.2 Å². The van der Waals surface area contributed by atoms with Crippen LogP contribution in [0.4, 0.5) is 0 Å². The highest BCUT2D eigenvalue weighted by molar-refractivity contribution is 7.90. The van der Waals surface area contributed by atoms with Gasteiger partial charge in [-0.25, -0.2) is 8.42 Å². The Bertz CT molecular complexity index is 437. The van der Waals surface area contributed by atoms with Crippen molar-refractivity contribution in [3.05, 3.63) is 35.4 Å². The van der Waals surface area contributed by atoms with Gasteiger partial charge in [-0.05, 0) is 25.3 Å². The van der Waals surface area contributed by atoms with Crippen molar-refractivity contribution >= 4 is 9.84 Å². The van der Waals surface area contributed by atoms with E-state index < -0.39 is 15.9 Å². The lowest BCUT2D eigenvalue weighted by atomic mass is 10.0. The van der Waals surface area contributed by atoms with Crippen molar-refractivity contribution in [2.24, 2.45) is 0 Å². The minimum absolute atomic E-state index is 0.0416. The van der Waals surface area contributed by atoms with Crippen LogP contribution in [0.5, 0.6) is 0 Å². The number of hydrogen-bond donors (Lipinski definition) is 1. The van der Waals surface area contributed by atoms with Gasteiger partial charge >= 0.3 is 0 Å². The molecule has 0 amide bonds. The Morgan fingerprint density at radius 3 is 2.62 bits per heavy atom. The molecule has 0 aromatic heterocycles. The van der Waals surface area contributed by atoms with Gasteiger partial charge in [0.15, 0.2) is 0 Å². The second-order valence-corrected chi connectivity index (χ2v) is 6.53. The lowest BCUT2D eigenvalue weighted by Gasteiger charge is -2.10. The standard InChI is InChI=1S/C12H18O3S/c1-10-4-3-5-11(8-10)9-12(13)6-7-16(2,14)15/h3-5,8,12-13H,6-7,9H2,1-2H3. The summed E-state index contributed by atoms with van der Waals surface area (Å²) in [7, 11) is -2.98. The second kappa shape index (κ2) is 5.46. The third kappa shape index (κ3) is 5.28. The van der Waals surface area contributed by atoms with Crippen LogP contribution in [0.15, 0.2) is 24.3 Å². The van der Waals surface area contributed by atoms with Crippen LogP contribution in [0, 0.1) is 6.92 Å². The fourth-order valence-corrected chi connectivity index (χ4v) is 2.26. The third-order valence-corrected chi connectivity index (χ3v) is 3.35. The summed E-state index contributed by atoms with van der Waals surface area (Å²) < 4.78 is 21.9. The number of rotatable bonds is 5. The summed E-state index contributed by atoms with van der Waals surface area (Å²) >= 11 is 0. The molecule has 0 saturated heterocycles. The molecule has 90 valence electrons. The molecule has 0 heterocycles. The van der Waals surface area contributed by atoms with E-state index in [1.54, 1.807) is 0 Å². The van der Waals surface area contributed by atoms with Gasteiger partial charge < -0.3 is 5.11 Å². The van der Waals surface area contributed by atoms with Crippen molar-refractivity contribution in [2.75, 3.05) is 12.0 Å². The zero-order chi connectivity index (χ0) is 12.2. The average Bonchev–Trinajstić information content (AvgIpc) is 2.14. The number of benzene rings is 1. The summed E-state index contributed by atoms with van der Waals surface area (Å²) in [4.78, 5) is 0. The van der Waals surface area contributed by atoms with Crippen LogP contribution in [0.1, 0.15) is 17.5 Å². The van der Waals surface area contributed by atoms with Crippen LogP contribution in [-0.2, 0) is 16.3 Å². The number of aliphatic hydroxyl groups is 1. The van der Waals surface area contributed by atoms with Gasteiger partial charge in [0.1, 0.15) is 9.84 Å². The molecule has 0 radical (unpaired) electrons. The van der Waals surface area contributed by atoms with Crippen LogP contribution in [-0.4, -0.2) is 31.6 Å². The molecular weight excluding hydrogens is 224 g/mol. The lowest BCUT2D eigenvalue weighted by Crippen LogP contribution is -2.16. The fourth-order valence-electron chi connectivity index (χ4n) is 1.56. The summed E-state index contributed by atoms with van der Waals surface area (Å²) in [6.07, 6.45) is 1.41. The monoisotopic (exact) mass is 242 g/mol. The van der Waals surface area contributed by atoms with Crippen LogP contribution in [0.2, 0.25) is 0 Å². The van der Waals surface area contributed by atoms with Crippen molar-refractivity contribution in [3.63, 3.8) is 0 Å². The maximum Gasteiger partial charge on any atom is 0.147 e. The van der Waals surface area contributed by atoms with E-state index in [9.17, 15) is 13.5 Å². The largest absolute Gasteiger partial charge is 0.393 e. The Morgan fingerprint density at radius 1 is 1.38 bits per heavy atom. The fraction of sp³-hybridized carbons (Fsp3) is 0.500. The van der Waals surface area contributed by atoms with Crippen LogP contribution < -0.4 is 0 Å². The number of hydrogen-bond acceptors (Lipinski definition) is 3. The molecule has 1 rings (SSSR count). The van der Waals surface area contributed by atoms with Crippen molar-refractivity contribution in [2.45, 2.75) is 25.9 Å². The minimum Gasteiger partial charge on any atom is -0.393 e. The van der Waals surface area contributed by atoms with E-state index in [2.05, 4.69) is 0 Å². The predicted octanol–water partition coefficient (Wildman–Crippen LogP) is 1.33. The van der Waals surface area contributed by atoms with Gasteiger partial charge in [0.05, 0.1) is 11.9 Å². The molecule has 1 atom stereocenters. The highest BCUT2D eigenvalue weighted by atomic mass is 32.2. The highest BCUT2D eigenvalue weighted by Gasteiger charge is 2.10. The summed E-state index contributed by atoms with van der Waals surface area (Å²) in [5, 5.41) is 9.69. The van der Waals surface area contributed by atoms with E-state index in [-0.39, 0.29) is 5.75 Å². The lowest BCUT2D eigenvalue weighted by molar-refractivity contribution is 0.171. The Morgan fingerprint density at radius 2 is 2.06 bits per heavy atom. The second-order valence-electron chi connectivity index (χ2n) is 4.27. The summed E-state index contributed by atoms with van der Waals surface area (Å²) in [5.41, 5.74) is 2.19. The zero-order valence-corrected chi connectivity index (χ0v) is 10.5. The van der Waals surface area contributed by atoms with E-state index >= 15 is 0 Å². The number of aryl methyl sites for hydroxylation is 1. The molecule has 0 aliphatic rings. The maximum absolute atomic E-state index is 10.9. The van der Waals surface area contributed by atoms with E-state index in [0.717, 1.165) is 11.1 Å². The molecule has 1 aromatic carbocycles. The first kappa shape index (κ1) is 13.2. The normalized spacial score (nSPS) is 13.7.